The van der Waals surface area contributed by atoms with Gasteiger partial charge in [0.05, 0.1) is 32.9 Å². The molecule has 7 heteroatoms. The molecule has 0 saturated heterocycles. The number of aliphatic carboxylic acids is 1. The van der Waals surface area contributed by atoms with E-state index in [9.17, 15) is 13.2 Å². The first-order chi connectivity index (χ1) is 7.53. The average Bonchev–Trinajstić information content (AvgIpc) is 2.11. The molecule has 0 atom stereocenters. The van der Waals surface area contributed by atoms with Crippen LogP contribution in [0, 0.1) is 0 Å². The van der Waals surface area contributed by atoms with Crippen LogP contribution in [0.5, 0.6) is 0 Å². The third-order valence-corrected chi connectivity index (χ3v) is 3.29. The second-order valence-electron chi connectivity index (χ2n) is 4.68. The SMILES string of the molecule is C=C(CC[N+](C)(C)CCCS(=O)(=O)O)C(=O)O. The van der Waals surface area contributed by atoms with E-state index in [1.54, 1.807) is 0 Å². The van der Waals surface area contributed by atoms with Crippen molar-refractivity contribution in [2.24, 2.45) is 0 Å². The van der Waals surface area contributed by atoms with Crippen LogP contribution in [-0.4, -0.2) is 61.5 Å². The highest BCUT2D eigenvalue weighted by molar-refractivity contribution is 7.85. The second-order valence-corrected chi connectivity index (χ2v) is 6.25. The molecule has 0 amide bonds. The van der Waals surface area contributed by atoms with Crippen LogP contribution in [0.15, 0.2) is 12.2 Å². The van der Waals surface area contributed by atoms with E-state index in [4.69, 9.17) is 9.66 Å². The Kier molecular flexibility index (Phi) is 5.80. The number of nitrogens with zero attached hydrogens (tertiary/aromatic N) is 1. The number of rotatable bonds is 8. The van der Waals surface area contributed by atoms with E-state index in [0.29, 0.717) is 30.4 Å². The Morgan fingerprint density at radius 2 is 1.82 bits per heavy atom. The summed E-state index contributed by atoms with van der Waals surface area (Å²) in [4.78, 5) is 10.5. The van der Waals surface area contributed by atoms with E-state index >= 15 is 0 Å². The van der Waals surface area contributed by atoms with E-state index in [1.807, 2.05) is 14.1 Å². The summed E-state index contributed by atoms with van der Waals surface area (Å²) in [6.45, 7) is 4.55. The standard InChI is InChI=1S/C10H19NO5S/c1-9(10(12)13)5-7-11(2,3)6-4-8-17(14,15)16/h1,4-8H2,2-3H3,(H-,12,13,14,15,16)/p+1. The average molecular weight is 266 g/mol. The number of carboxylic acid groups (broad SMARTS) is 1. The Hall–Kier alpha value is -0.920. The van der Waals surface area contributed by atoms with Gasteiger partial charge in [-0.05, 0) is 0 Å². The molecule has 0 heterocycles. The van der Waals surface area contributed by atoms with Crippen molar-refractivity contribution in [3.05, 3.63) is 12.2 Å². The summed E-state index contributed by atoms with van der Waals surface area (Å²) in [7, 11) is -0.165. The largest absolute Gasteiger partial charge is 0.478 e. The quantitative estimate of drug-likeness (QED) is 0.376. The van der Waals surface area contributed by atoms with Gasteiger partial charge in [-0.25, -0.2) is 4.79 Å². The van der Waals surface area contributed by atoms with Crippen molar-refractivity contribution < 1.29 is 27.4 Å². The summed E-state index contributed by atoms with van der Waals surface area (Å²) in [5.74, 6) is -1.28. The monoisotopic (exact) mass is 266 g/mol. The van der Waals surface area contributed by atoms with Crippen LogP contribution in [0.2, 0.25) is 0 Å². The summed E-state index contributed by atoms with van der Waals surface area (Å²) in [6.07, 6.45) is 0.694. The minimum absolute atomic E-state index is 0.144. The van der Waals surface area contributed by atoms with Crippen LogP contribution in [0.1, 0.15) is 12.8 Å². The van der Waals surface area contributed by atoms with Crippen molar-refractivity contribution in [2.45, 2.75) is 12.8 Å². The Morgan fingerprint density at radius 3 is 2.24 bits per heavy atom. The minimum Gasteiger partial charge on any atom is -0.478 e. The Balaban J connectivity index is 4.04. The molecular weight excluding hydrogens is 246 g/mol. The lowest BCUT2D eigenvalue weighted by atomic mass is 10.2. The number of quaternary nitrogens is 1. The zero-order chi connectivity index (χ0) is 13.7. The Labute approximate surface area is 102 Å². The smallest absolute Gasteiger partial charge is 0.331 e. The molecule has 0 aliphatic carbocycles. The Bertz CT molecular complexity index is 386. The van der Waals surface area contributed by atoms with Gasteiger partial charge in [-0.1, -0.05) is 6.58 Å². The molecule has 0 saturated carbocycles. The number of hydrogen-bond donors (Lipinski definition) is 2. The molecule has 2 N–H and O–H groups in total. The molecular formula is C10H20NO5S+. The molecule has 17 heavy (non-hydrogen) atoms. The Morgan fingerprint density at radius 1 is 1.29 bits per heavy atom. The van der Waals surface area contributed by atoms with Gasteiger partial charge in [-0.3, -0.25) is 4.55 Å². The van der Waals surface area contributed by atoms with E-state index in [2.05, 4.69) is 6.58 Å². The first-order valence-corrected chi connectivity index (χ1v) is 6.83. The zero-order valence-corrected chi connectivity index (χ0v) is 11.0. The first kappa shape index (κ1) is 16.1. The van der Waals surface area contributed by atoms with Crippen LogP contribution >= 0.6 is 0 Å². The first-order valence-electron chi connectivity index (χ1n) is 5.22. The van der Waals surface area contributed by atoms with Gasteiger partial charge >= 0.3 is 5.97 Å². The van der Waals surface area contributed by atoms with E-state index in [0.717, 1.165) is 0 Å². The van der Waals surface area contributed by atoms with Crippen molar-refractivity contribution in [1.82, 2.24) is 0 Å². The van der Waals surface area contributed by atoms with Crippen LogP contribution in [0.4, 0.5) is 0 Å². The zero-order valence-electron chi connectivity index (χ0n) is 10.2. The normalized spacial score (nSPS) is 12.4. The highest BCUT2D eigenvalue weighted by Gasteiger charge is 2.18. The molecule has 0 aliphatic rings. The van der Waals surface area contributed by atoms with Crippen LogP contribution in [0.25, 0.3) is 0 Å². The molecule has 6 nitrogen and oxygen atoms in total. The summed E-state index contributed by atoms with van der Waals surface area (Å²) < 4.78 is 30.1. The van der Waals surface area contributed by atoms with Crippen LogP contribution in [-0.2, 0) is 14.9 Å². The number of carboxylic acids is 1. The lowest BCUT2D eigenvalue weighted by Gasteiger charge is -2.29. The molecule has 0 bridgehead atoms. The fraction of sp³-hybridized carbons (Fsp3) is 0.700. The van der Waals surface area contributed by atoms with Gasteiger partial charge in [0.15, 0.2) is 0 Å². The van der Waals surface area contributed by atoms with Crippen molar-refractivity contribution in [2.75, 3.05) is 32.9 Å². The lowest BCUT2D eigenvalue weighted by molar-refractivity contribution is -0.890. The number of hydrogen-bond acceptors (Lipinski definition) is 3. The summed E-state index contributed by atoms with van der Waals surface area (Å²) in [5.41, 5.74) is 0.144. The molecule has 0 unspecified atom stereocenters. The van der Waals surface area contributed by atoms with Gasteiger partial charge in [0, 0.05) is 18.4 Å². The maximum absolute atomic E-state index is 10.5. The third-order valence-electron chi connectivity index (χ3n) is 2.49. The van der Waals surface area contributed by atoms with E-state index < -0.39 is 16.1 Å². The van der Waals surface area contributed by atoms with Crippen molar-refractivity contribution in [1.29, 1.82) is 0 Å². The van der Waals surface area contributed by atoms with E-state index in [-0.39, 0.29) is 11.3 Å². The van der Waals surface area contributed by atoms with Crippen LogP contribution < -0.4 is 0 Å². The molecule has 0 rings (SSSR count). The fourth-order valence-corrected chi connectivity index (χ4v) is 1.83. The highest BCUT2D eigenvalue weighted by atomic mass is 32.2. The van der Waals surface area contributed by atoms with Crippen LogP contribution in [0.3, 0.4) is 0 Å². The molecule has 0 radical (unpaired) electrons. The summed E-state index contributed by atoms with van der Waals surface area (Å²) >= 11 is 0. The molecule has 0 aromatic heterocycles. The molecule has 0 aromatic rings. The van der Waals surface area contributed by atoms with Crippen molar-refractivity contribution in [3.63, 3.8) is 0 Å². The van der Waals surface area contributed by atoms with Gasteiger partial charge in [0.25, 0.3) is 10.1 Å². The minimum atomic E-state index is -3.91. The molecule has 0 fully saturated rings. The maximum atomic E-state index is 10.5. The van der Waals surface area contributed by atoms with E-state index in [1.165, 1.54) is 0 Å². The lowest BCUT2D eigenvalue weighted by Crippen LogP contribution is -2.42. The summed E-state index contributed by atoms with van der Waals surface area (Å²) in [5, 5.41) is 8.64. The van der Waals surface area contributed by atoms with Gasteiger partial charge in [-0.15, -0.1) is 0 Å². The maximum Gasteiger partial charge on any atom is 0.331 e. The second kappa shape index (κ2) is 6.13. The van der Waals surface area contributed by atoms with Gasteiger partial charge in [0.2, 0.25) is 0 Å². The molecule has 100 valence electrons. The van der Waals surface area contributed by atoms with Crippen molar-refractivity contribution in [3.8, 4) is 0 Å². The van der Waals surface area contributed by atoms with Gasteiger partial charge in [0.1, 0.15) is 0 Å². The fourth-order valence-electron chi connectivity index (χ4n) is 1.33. The highest BCUT2D eigenvalue weighted by Crippen LogP contribution is 2.07. The number of carbonyl (C=O) groups is 1. The molecule has 0 aromatic carbocycles. The predicted molar refractivity (Wildman–Crippen MR) is 64.3 cm³/mol. The topological polar surface area (TPSA) is 91.7 Å². The molecule has 0 spiro atoms. The third kappa shape index (κ3) is 8.84. The van der Waals surface area contributed by atoms with Gasteiger partial charge in [-0.2, -0.15) is 8.42 Å². The summed E-state index contributed by atoms with van der Waals surface area (Å²) in [6, 6.07) is 0. The molecule has 0 aliphatic heterocycles. The predicted octanol–water partition coefficient (Wildman–Crippen LogP) is 0.372. The van der Waals surface area contributed by atoms with Crippen molar-refractivity contribution >= 4 is 16.1 Å². The van der Waals surface area contributed by atoms with Gasteiger partial charge < -0.3 is 9.59 Å².